The zero-order valence-corrected chi connectivity index (χ0v) is 21.4. The molecule has 36 heavy (non-hydrogen) atoms. The summed E-state index contributed by atoms with van der Waals surface area (Å²) in [5, 5.41) is 12.2. The average Bonchev–Trinajstić information content (AvgIpc) is 3.31. The van der Waals surface area contributed by atoms with Gasteiger partial charge in [-0.3, -0.25) is 9.36 Å². The van der Waals surface area contributed by atoms with Crippen molar-refractivity contribution in [3.8, 4) is 17.2 Å². The number of nitrogens with zero attached hydrogens (tertiary/aromatic N) is 4. The number of hydrogen-bond donors (Lipinski definition) is 1. The summed E-state index contributed by atoms with van der Waals surface area (Å²) in [5.41, 5.74) is 2.66. The lowest BCUT2D eigenvalue weighted by atomic mass is 10.3. The molecule has 0 bridgehead atoms. The molecule has 0 atom stereocenters. The van der Waals surface area contributed by atoms with Gasteiger partial charge in [-0.15, -0.1) is 10.2 Å². The maximum atomic E-state index is 12.6. The molecule has 4 aromatic rings. The molecule has 9 heteroatoms. The van der Waals surface area contributed by atoms with Gasteiger partial charge in [0.1, 0.15) is 18.1 Å². The molecule has 4 rings (SSSR count). The van der Waals surface area contributed by atoms with Crippen LogP contribution < -0.4 is 19.7 Å². The van der Waals surface area contributed by atoms with E-state index in [2.05, 4.69) is 15.5 Å². The van der Waals surface area contributed by atoms with Crippen molar-refractivity contribution >= 4 is 29.0 Å². The van der Waals surface area contributed by atoms with E-state index in [4.69, 9.17) is 9.47 Å². The van der Waals surface area contributed by atoms with Crippen molar-refractivity contribution in [3.05, 3.63) is 84.7 Å². The van der Waals surface area contributed by atoms with Crippen molar-refractivity contribution in [1.82, 2.24) is 14.8 Å². The summed E-state index contributed by atoms with van der Waals surface area (Å²) in [7, 11) is 3.97. The highest BCUT2D eigenvalue weighted by atomic mass is 32.2. The topological polar surface area (TPSA) is 81.5 Å². The Bertz CT molecular complexity index is 1280. The Morgan fingerprint density at radius 2 is 1.72 bits per heavy atom. The molecule has 186 valence electrons. The molecule has 8 nitrogen and oxygen atoms in total. The number of thioether (sulfide) groups is 1. The Morgan fingerprint density at radius 3 is 2.44 bits per heavy atom. The molecule has 1 amide bonds. The quantitative estimate of drug-likeness (QED) is 0.287. The second-order valence-corrected chi connectivity index (χ2v) is 8.99. The summed E-state index contributed by atoms with van der Waals surface area (Å²) in [5.74, 6) is 2.21. The van der Waals surface area contributed by atoms with Crippen LogP contribution in [0.5, 0.6) is 11.5 Å². The number of carbonyl (C=O) groups is 1. The zero-order valence-electron chi connectivity index (χ0n) is 20.5. The molecule has 3 aromatic carbocycles. The molecule has 0 radical (unpaired) electrons. The summed E-state index contributed by atoms with van der Waals surface area (Å²) in [4.78, 5) is 14.6. The number of aromatic nitrogens is 3. The van der Waals surface area contributed by atoms with Crippen molar-refractivity contribution in [1.29, 1.82) is 0 Å². The van der Waals surface area contributed by atoms with Gasteiger partial charge in [0.2, 0.25) is 5.91 Å². The van der Waals surface area contributed by atoms with E-state index in [1.54, 1.807) is 0 Å². The lowest BCUT2D eigenvalue weighted by Gasteiger charge is -2.14. The van der Waals surface area contributed by atoms with Crippen molar-refractivity contribution < 1.29 is 14.3 Å². The Morgan fingerprint density at radius 1 is 0.944 bits per heavy atom. The molecule has 1 aromatic heterocycles. The van der Waals surface area contributed by atoms with E-state index >= 15 is 0 Å². The molecule has 0 aliphatic heterocycles. The number of hydrogen-bond acceptors (Lipinski definition) is 7. The summed E-state index contributed by atoms with van der Waals surface area (Å²) >= 11 is 1.32. The van der Waals surface area contributed by atoms with Crippen LogP contribution in [0.2, 0.25) is 0 Å². The second kappa shape index (κ2) is 12.1. The summed E-state index contributed by atoms with van der Waals surface area (Å²) < 4.78 is 13.4. The number of ether oxygens (including phenoxy) is 2. The van der Waals surface area contributed by atoms with Gasteiger partial charge < -0.3 is 19.7 Å². The molecule has 0 saturated heterocycles. The summed E-state index contributed by atoms with van der Waals surface area (Å²) in [6.45, 7) is 2.76. The predicted molar refractivity (Wildman–Crippen MR) is 143 cm³/mol. The monoisotopic (exact) mass is 503 g/mol. The van der Waals surface area contributed by atoms with Gasteiger partial charge in [-0.05, 0) is 55.5 Å². The van der Waals surface area contributed by atoms with Gasteiger partial charge in [-0.1, -0.05) is 36.0 Å². The second-order valence-electron chi connectivity index (χ2n) is 8.04. The number of anilines is 2. The van der Waals surface area contributed by atoms with E-state index in [9.17, 15) is 4.79 Å². The van der Waals surface area contributed by atoms with E-state index in [0.717, 1.165) is 22.9 Å². The van der Waals surface area contributed by atoms with Crippen LogP contribution in [0.1, 0.15) is 12.7 Å². The number of rotatable bonds is 11. The average molecular weight is 504 g/mol. The number of amides is 1. The largest absolute Gasteiger partial charge is 0.494 e. The molecule has 1 N–H and O–H groups in total. The fraction of sp³-hybridized carbons (Fsp3) is 0.222. The lowest BCUT2D eigenvalue weighted by molar-refractivity contribution is -0.113. The molecule has 0 aliphatic rings. The highest BCUT2D eigenvalue weighted by molar-refractivity contribution is 7.99. The number of para-hydroxylation sites is 1. The fourth-order valence-electron chi connectivity index (χ4n) is 3.45. The molecule has 0 saturated carbocycles. The minimum Gasteiger partial charge on any atom is -0.494 e. The third-order valence-corrected chi connectivity index (χ3v) is 6.13. The van der Waals surface area contributed by atoms with E-state index in [1.807, 2.05) is 109 Å². The number of benzene rings is 3. The van der Waals surface area contributed by atoms with Gasteiger partial charge in [0.15, 0.2) is 11.0 Å². The van der Waals surface area contributed by atoms with Gasteiger partial charge in [0.05, 0.1) is 12.4 Å². The highest BCUT2D eigenvalue weighted by Gasteiger charge is 2.17. The molecular formula is C27H29N5O3S. The normalized spacial score (nSPS) is 10.6. The van der Waals surface area contributed by atoms with E-state index in [0.29, 0.717) is 23.3 Å². The zero-order chi connectivity index (χ0) is 25.3. The van der Waals surface area contributed by atoms with Crippen molar-refractivity contribution in [2.24, 2.45) is 0 Å². The van der Waals surface area contributed by atoms with E-state index in [1.165, 1.54) is 11.8 Å². The van der Waals surface area contributed by atoms with Gasteiger partial charge in [-0.25, -0.2) is 0 Å². The van der Waals surface area contributed by atoms with Crippen LogP contribution in [0.3, 0.4) is 0 Å². The SMILES string of the molecule is CCOc1ccc(NC(=O)CSc2nnc(COc3cccc(N(C)C)c3)n2-c2ccccc2)cc1. The first-order valence-corrected chi connectivity index (χ1v) is 12.6. The third-order valence-electron chi connectivity index (χ3n) is 5.20. The summed E-state index contributed by atoms with van der Waals surface area (Å²) in [6.07, 6.45) is 0. The molecule has 0 unspecified atom stereocenters. The van der Waals surface area contributed by atoms with Crippen LogP contribution in [0, 0.1) is 0 Å². The third kappa shape index (κ3) is 6.57. The van der Waals surface area contributed by atoms with Gasteiger partial charge in [0.25, 0.3) is 0 Å². The van der Waals surface area contributed by atoms with Gasteiger partial charge in [0, 0.05) is 37.2 Å². The number of carbonyl (C=O) groups excluding carboxylic acids is 1. The van der Waals surface area contributed by atoms with Gasteiger partial charge >= 0.3 is 0 Å². The van der Waals surface area contributed by atoms with Gasteiger partial charge in [-0.2, -0.15) is 0 Å². The highest BCUT2D eigenvalue weighted by Crippen LogP contribution is 2.25. The van der Waals surface area contributed by atoms with Crippen molar-refractivity contribution in [3.63, 3.8) is 0 Å². The van der Waals surface area contributed by atoms with Crippen LogP contribution in [-0.4, -0.2) is 47.1 Å². The van der Waals surface area contributed by atoms with Crippen molar-refractivity contribution in [2.45, 2.75) is 18.7 Å². The molecular weight excluding hydrogens is 474 g/mol. The molecule has 0 spiro atoms. The first-order chi connectivity index (χ1) is 17.5. The van der Waals surface area contributed by atoms with Crippen LogP contribution in [0.4, 0.5) is 11.4 Å². The predicted octanol–water partition coefficient (Wildman–Crippen LogP) is 5.04. The Hall–Kier alpha value is -3.98. The maximum absolute atomic E-state index is 12.6. The van der Waals surface area contributed by atoms with Crippen molar-refractivity contribution in [2.75, 3.05) is 36.7 Å². The number of nitrogens with one attached hydrogen (secondary N) is 1. The molecule has 0 fully saturated rings. The Labute approximate surface area is 215 Å². The van der Waals surface area contributed by atoms with Crippen LogP contribution >= 0.6 is 11.8 Å². The maximum Gasteiger partial charge on any atom is 0.234 e. The Kier molecular flexibility index (Phi) is 8.46. The van der Waals surface area contributed by atoms with E-state index in [-0.39, 0.29) is 18.3 Å². The van der Waals surface area contributed by atoms with E-state index < -0.39 is 0 Å². The van der Waals surface area contributed by atoms with Crippen LogP contribution in [0.15, 0.2) is 84.0 Å². The Balaban J connectivity index is 1.45. The lowest BCUT2D eigenvalue weighted by Crippen LogP contribution is -2.14. The molecule has 0 aliphatic carbocycles. The summed E-state index contributed by atoms with van der Waals surface area (Å²) in [6, 6.07) is 25.0. The molecule has 1 heterocycles. The minimum absolute atomic E-state index is 0.134. The standard InChI is InChI=1S/C27H29N5O3S/c1-4-34-23-15-13-20(14-16-23)28-26(33)19-36-27-30-29-25(32(27)21-9-6-5-7-10-21)18-35-24-12-8-11-22(17-24)31(2)3/h5-17H,4,18-19H2,1-3H3,(H,28,33). The first-order valence-electron chi connectivity index (χ1n) is 11.6. The smallest absolute Gasteiger partial charge is 0.234 e. The fourth-order valence-corrected chi connectivity index (χ4v) is 4.22. The first kappa shape index (κ1) is 25.1. The van der Waals surface area contributed by atoms with Crippen LogP contribution in [0.25, 0.3) is 5.69 Å². The minimum atomic E-state index is -0.134. The van der Waals surface area contributed by atoms with Crippen LogP contribution in [-0.2, 0) is 11.4 Å².